The first-order valence-electron chi connectivity index (χ1n) is 9.43. The van der Waals surface area contributed by atoms with Crippen LogP contribution in [0.1, 0.15) is 27.3 Å². The minimum atomic E-state index is -0.248. The number of carbonyl (C=O) groups is 1. The normalized spacial score (nSPS) is 12.3. The Labute approximate surface area is 169 Å². The SMILES string of the molecule is Cc1cccc(CNC(=O)c2cc(C)nc(Nc3ccc4c(c3)OCCO4)n2)c1. The largest absolute Gasteiger partial charge is 0.486 e. The molecule has 1 aliphatic heterocycles. The first kappa shape index (κ1) is 18.7. The molecule has 3 aromatic rings. The minimum Gasteiger partial charge on any atom is -0.486 e. The van der Waals surface area contributed by atoms with Gasteiger partial charge in [-0.3, -0.25) is 4.79 Å². The van der Waals surface area contributed by atoms with Crippen molar-refractivity contribution in [2.24, 2.45) is 0 Å². The Morgan fingerprint density at radius 3 is 2.66 bits per heavy atom. The van der Waals surface area contributed by atoms with Gasteiger partial charge in [-0.25, -0.2) is 9.97 Å². The summed E-state index contributed by atoms with van der Waals surface area (Å²) in [5.41, 5.74) is 3.95. The van der Waals surface area contributed by atoms with Crippen LogP contribution in [0, 0.1) is 13.8 Å². The van der Waals surface area contributed by atoms with Crippen molar-refractivity contribution in [3.8, 4) is 11.5 Å². The van der Waals surface area contributed by atoms with E-state index in [-0.39, 0.29) is 5.91 Å². The molecule has 148 valence electrons. The molecular formula is C22H22N4O3. The number of nitrogens with zero attached hydrogens (tertiary/aromatic N) is 2. The topological polar surface area (TPSA) is 85.4 Å². The summed E-state index contributed by atoms with van der Waals surface area (Å²) in [4.78, 5) is 21.3. The van der Waals surface area contributed by atoms with Gasteiger partial charge in [-0.2, -0.15) is 0 Å². The summed E-state index contributed by atoms with van der Waals surface area (Å²) in [7, 11) is 0. The molecule has 1 amide bonds. The maximum Gasteiger partial charge on any atom is 0.270 e. The van der Waals surface area contributed by atoms with Crippen LogP contribution in [0.25, 0.3) is 0 Å². The van der Waals surface area contributed by atoms with Gasteiger partial charge in [0.15, 0.2) is 11.5 Å². The third-order valence-electron chi connectivity index (χ3n) is 4.42. The summed E-state index contributed by atoms with van der Waals surface area (Å²) < 4.78 is 11.1. The molecular weight excluding hydrogens is 368 g/mol. The molecule has 0 aliphatic carbocycles. The number of nitrogens with one attached hydrogen (secondary N) is 2. The van der Waals surface area contributed by atoms with Gasteiger partial charge < -0.3 is 20.1 Å². The van der Waals surface area contributed by atoms with E-state index in [0.29, 0.717) is 48.6 Å². The summed E-state index contributed by atoms with van der Waals surface area (Å²) in [6, 6.07) is 15.2. The van der Waals surface area contributed by atoms with Crippen molar-refractivity contribution in [2.45, 2.75) is 20.4 Å². The van der Waals surface area contributed by atoms with Crippen LogP contribution in [0.4, 0.5) is 11.6 Å². The first-order valence-corrected chi connectivity index (χ1v) is 9.43. The van der Waals surface area contributed by atoms with E-state index < -0.39 is 0 Å². The Bertz CT molecular complexity index is 1050. The second kappa shape index (κ2) is 8.18. The molecule has 0 saturated carbocycles. The lowest BCUT2D eigenvalue weighted by molar-refractivity contribution is 0.0945. The number of carbonyl (C=O) groups excluding carboxylic acids is 1. The third-order valence-corrected chi connectivity index (χ3v) is 4.42. The number of benzene rings is 2. The molecule has 2 aromatic carbocycles. The van der Waals surface area contributed by atoms with Gasteiger partial charge in [-0.05, 0) is 37.6 Å². The Balaban J connectivity index is 1.47. The van der Waals surface area contributed by atoms with Crippen LogP contribution in [0.3, 0.4) is 0 Å². The van der Waals surface area contributed by atoms with Crippen molar-refractivity contribution in [1.82, 2.24) is 15.3 Å². The van der Waals surface area contributed by atoms with E-state index in [9.17, 15) is 4.79 Å². The number of rotatable bonds is 5. The van der Waals surface area contributed by atoms with Crippen molar-refractivity contribution < 1.29 is 14.3 Å². The monoisotopic (exact) mass is 390 g/mol. The van der Waals surface area contributed by atoms with Crippen LogP contribution in [-0.4, -0.2) is 29.1 Å². The van der Waals surface area contributed by atoms with Gasteiger partial charge in [0.2, 0.25) is 5.95 Å². The van der Waals surface area contributed by atoms with Crippen LogP contribution in [-0.2, 0) is 6.54 Å². The number of aryl methyl sites for hydroxylation is 2. The molecule has 2 heterocycles. The summed E-state index contributed by atoms with van der Waals surface area (Å²) >= 11 is 0. The summed E-state index contributed by atoms with van der Waals surface area (Å²) in [6.07, 6.45) is 0. The number of aromatic nitrogens is 2. The molecule has 0 spiro atoms. The van der Waals surface area contributed by atoms with Gasteiger partial charge in [0.25, 0.3) is 5.91 Å². The highest BCUT2D eigenvalue weighted by molar-refractivity contribution is 5.92. The lowest BCUT2D eigenvalue weighted by Gasteiger charge is -2.19. The summed E-state index contributed by atoms with van der Waals surface area (Å²) in [5, 5.41) is 6.04. The number of anilines is 2. The van der Waals surface area contributed by atoms with E-state index in [1.165, 1.54) is 0 Å². The summed E-state index contributed by atoms with van der Waals surface area (Å²) in [6.45, 7) is 5.35. The molecule has 4 rings (SSSR count). The molecule has 29 heavy (non-hydrogen) atoms. The molecule has 2 N–H and O–H groups in total. The van der Waals surface area contributed by atoms with Crippen molar-refractivity contribution in [1.29, 1.82) is 0 Å². The number of hydrogen-bond donors (Lipinski definition) is 2. The van der Waals surface area contributed by atoms with E-state index in [4.69, 9.17) is 9.47 Å². The molecule has 7 nitrogen and oxygen atoms in total. The molecule has 0 atom stereocenters. The zero-order valence-electron chi connectivity index (χ0n) is 16.4. The standard InChI is InChI=1S/C22H22N4O3/c1-14-4-3-5-16(10-14)13-23-21(27)18-11-15(2)24-22(26-18)25-17-6-7-19-20(12-17)29-9-8-28-19/h3-7,10-12H,8-9,13H2,1-2H3,(H,23,27)(H,24,25,26). The lowest BCUT2D eigenvalue weighted by Crippen LogP contribution is -2.24. The maximum atomic E-state index is 12.6. The lowest BCUT2D eigenvalue weighted by atomic mass is 10.1. The highest BCUT2D eigenvalue weighted by atomic mass is 16.6. The zero-order chi connectivity index (χ0) is 20.2. The average molecular weight is 390 g/mol. The zero-order valence-corrected chi connectivity index (χ0v) is 16.4. The number of hydrogen-bond acceptors (Lipinski definition) is 6. The van der Waals surface area contributed by atoms with E-state index in [1.54, 1.807) is 6.07 Å². The molecule has 0 saturated heterocycles. The second-order valence-electron chi connectivity index (χ2n) is 6.87. The van der Waals surface area contributed by atoms with Crippen LogP contribution in [0.5, 0.6) is 11.5 Å². The number of ether oxygens (including phenoxy) is 2. The fourth-order valence-corrected chi connectivity index (χ4v) is 3.09. The van der Waals surface area contributed by atoms with Gasteiger partial charge in [0, 0.05) is 24.0 Å². The molecule has 7 heteroatoms. The van der Waals surface area contributed by atoms with Gasteiger partial charge >= 0.3 is 0 Å². The fourth-order valence-electron chi connectivity index (χ4n) is 3.09. The van der Waals surface area contributed by atoms with Gasteiger partial charge in [0.1, 0.15) is 18.9 Å². The number of amides is 1. The Hall–Kier alpha value is -3.61. The average Bonchev–Trinajstić information content (AvgIpc) is 2.71. The Morgan fingerprint density at radius 2 is 1.83 bits per heavy atom. The first-order chi connectivity index (χ1) is 14.1. The maximum absolute atomic E-state index is 12.6. The predicted octanol–water partition coefficient (Wildman–Crippen LogP) is 3.54. The molecule has 1 aromatic heterocycles. The van der Waals surface area contributed by atoms with Gasteiger partial charge in [-0.1, -0.05) is 29.8 Å². The summed E-state index contributed by atoms with van der Waals surface area (Å²) in [5.74, 6) is 1.48. The van der Waals surface area contributed by atoms with Crippen LogP contribution < -0.4 is 20.1 Å². The van der Waals surface area contributed by atoms with Gasteiger partial charge in [-0.15, -0.1) is 0 Å². The Kier molecular flexibility index (Phi) is 5.29. The molecule has 0 fully saturated rings. The molecule has 0 unspecified atom stereocenters. The minimum absolute atomic E-state index is 0.248. The Morgan fingerprint density at radius 1 is 1.00 bits per heavy atom. The number of fused-ring (bicyclic) bond motifs is 1. The van der Waals surface area contributed by atoms with Crippen LogP contribution in [0.15, 0.2) is 48.5 Å². The van der Waals surface area contributed by atoms with E-state index >= 15 is 0 Å². The van der Waals surface area contributed by atoms with E-state index in [0.717, 1.165) is 16.8 Å². The van der Waals surface area contributed by atoms with Crippen molar-refractivity contribution >= 4 is 17.5 Å². The quantitative estimate of drug-likeness (QED) is 0.693. The highest BCUT2D eigenvalue weighted by Crippen LogP contribution is 2.33. The van der Waals surface area contributed by atoms with Crippen molar-refractivity contribution in [3.05, 3.63) is 71.0 Å². The van der Waals surface area contributed by atoms with Gasteiger partial charge in [0.05, 0.1) is 0 Å². The van der Waals surface area contributed by atoms with Crippen molar-refractivity contribution in [2.75, 3.05) is 18.5 Å². The van der Waals surface area contributed by atoms with Crippen molar-refractivity contribution in [3.63, 3.8) is 0 Å². The fraction of sp³-hybridized carbons (Fsp3) is 0.227. The van der Waals surface area contributed by atoms with E-state index in [2.05, 4.69) is 20.6 Å². The van der Waals surface area contributed by atoms with Crippen LogP contribution in [0.2, 0.25) is 0 Å². The smallest absolute Gasteiger partial charge is 0.270 e. The second-order valence-corrected chi connectivity index (χ2v) is 6.87. The molecule has 1 aliphatic rings. The molecule has 0 bridgehead atoms. The third kappa shape index (κ3) is 4.63. The predicted molar refractivity (Wildman–Crippen MR) is 110 cm³/mol. The highest BCUT2D eigenvalue weighted by Gasteiger charge is 2.14. The molecule has 0 radical (unpaired) electrons. The van der Waals surface area contributed by atoms with Crippen LogP contribution >= 0.6 is 0 Å². The van der Waals surface area contributed by atoms with E-state index in [1.807, 2.05) is 56.3 Å².